The van der Waals surface area contributed by atoms with Crippen molar-refractivity contribution in [2.45, 2.75) is 45.5 Å². The maximum Gasteiger partial charge on any atom is 0.253 e. The van der Waals surface area contributed by atoms with E-state index >= 15 is 0 Å². The van der Waals surface area contributed by atoms with Crippen LogP contribution in [0.3, 0.4) is 0 Å². The lowest BCUT2D eigenvalue weighted by molar-refractivity contribution is -0.130. The highest BCUT2D eigenvalue weighted by atomic mass is 16.5. The van der Waals surface area contributed by atoms with Crippen molar-refractivity contribution in [2.24, 2.45) is 0 Å². The van der Waals surface area contributed by atoms with Crippen LogP contribution in [0.1, 0.15) is 37.6 Å². The van der Waals surface area contributed by atoms with E-state index in [0.717, 1.165) is 16.5 Å². The topological polar surface area (TPSA) is 123 Å². The first-order valence-corrected chi connectivity index (χ1v) is 13.5. The minimum Gasteiger partial charge on any atom is -0.486 e. The SMILES string of the molecule is CCN[C@@H](C)C(=O)N[C@@H]1C(=O)N(Cc2cccc3c2cc(C#N)n3-c2ccccc2C#N)c2ccccc2O[C@H]1C. The smallest absolute Gasteiger partial charge is 0.253 e. The minimum absolute atomic E-state index is 0.174. The van der Waals surface area contributed by atoms with Crippen LogP contribution in [0.2, 0.25) is 0 Å². The van der Waals surface area contributed by atoms with E-state index in [0.29, 0.717) is 34.9 Å². The molecule has 1 aliphatic heterocycles. The van der Waals surface area contributed by atoms with Gasteiger partial charge in [-0.3, -0.25) is 14.2 Å². The highest BCUT2D eigenvalue weighted by Crippen LogP contribution is 2.36. The molecule has 0 spiro atoms. The van der Waals surface area contributed by atoms with Crippen LogP contribution in [-0.2, 0) is 16.1 Å². The fourth-order valence-electron chi connectivity index (χ4n) is 5.26. The van der Waals surface area contributed by atoms with Crippen LogP contribution >= 0.6 is 0 Å². The molecule has 1 aliphatic rings. The zero-order valence-corrected chi connectivity index (χ0v) is 23.1. The Morgan fingerprint density at radius 3 is 2.49 bits per heavy atom. The highest BCUT2D eigenvalue weighted by Gasteiger charge is 2.38. The van der Waals surface area contributed by atoms with Crippen molar-refractivity contribution >= 4 is 28.4 Å². The molecule has 5 rings (SSSR count). The van der Waals surface area contributed by atoms with Crippen molar-refractivity contribution in [2.75, 3.05) is 11.4 Å². The molecule has 206 valence electrons. The van der Waals surface area contributed by atoms with Gasteiger partial charge in [-0.15, -0.1) is 0 Å². The zero-order valence-electron chi connectivity index (χ0n) is 23.1. The molecule has 3 aromatic carbocycles. The van der Waals surface area contributed by atoms with E-state index in [4.69, 9.17) is 4.74 Å². The number of ether oxygens (including phenoxy) is 1. The van der Waals surface area contributed by atoms with Crippen LogP contribution in [0, 0.1) is 22.7 Å². The number of aromatic nitrogens is 1. The number of fused-ring (bicyclic) bond motifs is 2. The predicted molar refractivity (Wildman–Crippen MR) is 155 cm³/mol. The number of nitriles is 2. The second-order valence-electron chi connectivity index (χ2n) is 9.94. The van der Waals surface area contributed by atoms with Gasteiger partial charge in [-0.25, -0.2) is 0 Å². The van der Waals surface area contributed by atoms with Gasteiger partial charge in [-0.2, -0.15) is 10.5 Å². The molecule has 41 heavy (non-hydrogen) atoms. The van der Waals surface area contributed by atoms with E-state index in [1.165, 1.54) is 0 Å². The number of nitrogens with zero attached hydrogens (tertiary/aromatic N) is 4. The number of amides is 2. The Bertz CT molecular complexity index is 1710. The molecule has 9 nitrogen and oxygen atoms in total. The third kappa shape index (κ3) is 5.11. The molecular weight excluding hydrogens is 516 g/mol. The van der Waals surface area contributed by atoms with Gasteiger partial charge in [-0.1, -0.05) is 43.3 Å². The fraction of sp³-hybridized carbons (Fsp3) is 0.250. The van der Waals surface area contributed by atoms with Crippen LogP contribution in [0.4, 0.5) is 5.69 Å². The molecule has 0 radical (unpaired) electrons. The molecule has 9 heteroatoms. The Hall–Kier alpha value is -5.12. The van der Waals surface area contributed by atoms with Gasteiger partial charge in [0.2, 0.25) is 5.91 Å². The Labute approximate surface area is 238 Å². The molecule has 0 fully saturated rings. The molecule has 1 aromatic heterocycles. The lowest BCUT2D eigenvalue weighted by Gasteiger charge is -2.27. The van der Waals surface area contributed by atoms with Crippen molar-refractivity contribution in [3.63, 3.8) is 0 Å². The molecular formula is C32H30N6O3. The maximum atomic E-state index is 14.1. The monoisotopic (exact) mass is 546 g/mol. The van der Waals surface area contributed by atoms with E-state index in [2.05, 4.69) is 22.8 Å². The lowest BCUT2D eigenvalue weighted by Crippen LogP contribution is -2.57. The number of rotatable bonds is 7. The van der Waals surface area contributed by atoms with Crippen LogP contribution in [-0.4, -0.2) is 41.1 Å². The van der Waals surface area contributed by atoms with Gasteiger partial charge in [0, 0.05) is 5.39 Å². The Kier molecular flexibility index (Phi) is 7.73. The van der Waals surface area contributed by atoms with Crippen molar-refractivity contribution in [1.29, 1.82) is 10.5 Å². The summed E-state index contributed by atoms with van der Waals surface area (Å²) in [6, 6.07) is 25.0. The number of hydrogen-bond donors (Lipinski definition) is 2. The van der Waals surface area contributed by atoms with Crippen molar-refractivity contribution in [3.8, 4) is 23.6 Å². The van der Waals surface area contributed by atoms with E-state index in [1.807, 2.05) is 49.4 Å². The molecule has 0 aliphatic carbocycles. The molecule has 0 saturated heterocycles. The maximum absolute atomic E-state index is 14.1. The number of nitrogens with one attached hydrogen (secondary N) is 2. The first-order valence-electron chi connectivity index (χ1n) is 13.5. The fourth-order valence-corrected chi connectivity index (χ4v) is 5.26. The third-order valence-corrected chi connectivity index (χ3v) is 7.32. The summed E-state index contributed by atoms with van der Waals surface area (Å²) in [7, 11) is 0. The number of carbonyl (C=O) groups is 2. The summed E-state index contributed by atoms with van der Waals surface area (Å²) >= 11 is 0. The van der Waals surface area contributed by atoms with Gasteiger partial charge in [0.15, 0.2) is 0 Å². The van der Waals surface area contributed by atoms with Crippen molar-refractivity contribution < 1.29 is 14.3 Å². The second-order valence-corrected chi connectivity index (χ2v) is 9.94. The summed E-state index contributed by atoms with van der Waals surface area (Å²) < 4.78 is 7.95. The second kappa shape index (κ2) is 11.5. The number of para-hydroxylation sites is 3. The lowest BCUT2D eigenvalue weighted by atomic mass is 10.1. The Morgan fingerprint density at radius 1 is 1.02 bits per heavy atom. The summed E-state index contributed by atoms with van der Waals surface area (Å²) in [6.07, 6.45) is -0.615. The summed E-state index contributed by atoms with van der Waals surface area (Å²) in [5, 5.41) is 26.5. The van der Waals surface area contributed by atoms with Gasteiger partial charge < -0.3 is 20.3 Å². The normalized spacial score (nSPS) is 17.1. The molecule has 4 aromatic rings. The summed E-state index contributed by atoms with van der Waals surface area (Å²) in [5.41, 5.74) is 3.56. The van der Waals surface area contributed by atoms with Crippen molar-refractivity contribution in [3.05, 3.63) is 89.6 Å². The molecule has 2 amide bonds. The molecule has 0 bridgehead atoms. The first kappa shape index (κ1) is 27.4. The Morgan fingerprint density at radius 2 is 1.76 bits per heavy atom. The van der Waals surface area contributed by atoms with Gasteiger partial charge in [-0.05, 0) is 62.4 Å². The van der Waals surface area contributed by atoms with Gasteiger partial charge >= 0.3 is 0 Å². The third-order valence-electron chi connectivity index (χ3n) is 7.32. The van der Waals surface area contributed by atoms with Gasteiger partial charge in [0.1, 0.15) is 35.7 Å². The summed E-state index contributed by atoms with van der Waals surface area (Å²) in [4.78, 5) is 28.7. The number of hydrogen-bond acceptors (Lipinski definition) is 6. The zero-order chi connectivity index (χ0) is 29.1. The average Bonchev–Trinajstić information content (AvgIpc) is 3.34. The Balaban J connectivity index is 1.59. The highest BCUT2D eigenvalue weighted by molar-refractivity contribution is 6.02. The molecule has 3 atom stereocenters. The number of benzene rings is 3. The van der Waals surface area contributed by atoms with E-state index in [-0.39, 0.29) is 18.4 Å². The van der Waals surface area contributed by atoms with E-state index in [9.17, 15) is 20.1 Å². The van der Waals surface area contributed by atoms with E-state index in [1.54, 1.807) is 53.6 Å². The average molecular weight is 547 g/mol. The number of carbonyl (C=O) groups excluding carboxylic acids is 2. The standard InChI is InChI=1S/C32H30N6O3/c1-4-35-20(2)31(39)36-30-21(3)41-29-15-8-7-13-28(29)37(32(30)40)19-23-11-9-14-27-25(23)16-24(18-34)38(27)26-12-6-5-10-22(26)17-33/h5-16,20-21,30,35H,4,19H2,1-3H3,(H,36,39)/t20-,21-,30-/m0/s1. The minimum atomic E-state index is -0.919. The van der Waals surface area contributed by atoms with Gasteiger partial charge in [0.05, 0.1) is 35.0 Å². The van der Waals surface area contributed by atoms with E-state index < -0.39 is 18.2 Å². The van der Waals surface area contributed by atoms with Crippen LogP contribution in [0.15, 0.2) is 72.8 Å². The first-order chi connectivity index (χ1) is 19.9. The van der Waals surface area contributed by atoms with Gasteiger partial charge in [0.25, 0.3) is 5.91 Å². The molecule has 2 N–H and O–H groups in total. The molecule has 0 unspecified atom stereocenters. The van der Waals surface area contributed by atoms with Crippen LogP contribution in [0.25, 0.3) is 16.6 Å². The van der Waals surface area contributed by atoms with Crippen molar-refractivity contribution in [1.82, 2.24) is 15.2 Å². The number of likely N-dealkylation sites (N-methyl/N-ethyl adjacent to an activating group) is 1. The summed E-state index contributed by atoms with van der Waals surface area (Å²) in [6.45, 7) is 6.22. The van der Waals surface area contributed by atoms with Crippen LogP contribution < -0.4 is 20.3 Å². The largest absolute Gasteiger partial charge is 0.486 e. The summed E-state index contributed by atoms with van der Waals surface area (Å²) in [5.74, 6) is -0.0536. The van der Waals surface area contributed by atoms with Crippen LogP contribution in [0.5, 0.6) is 5.75 Å². The molecule has 2 heterocycles. The molecule has 0 saturated carbocycles. The number of anilines is 1. The quantitative estimate of drug-likeness (QED) is 0.359. The predicted octanol–water partition coefficient (Wildman–Crippen LogP) is 4.17.